The Morgan fingerprint density at radius 2 is 1.57 bits per heavy atom. The molecular weight excluding hydrogens is 1170 g/mol. The summed E-state index contributed by atoms with van der Waals surface area (Å²) < 4.78 is 47.6. The van der Waals surface area contributed by atoms with Crippen molar-refractivity contribution < 1.29 is 86.5 Å². The molecule has 4 aromatic rings. The summed E-state index contributed by atoms with van der Waals surface area (Å²) in [6.07, 6.45) is 3.31. The fraction of sp³-hybridized carbons (Fsp3) is 0.532. The second-order valence-electron chi connectivity index (χ2n) is 23.8. The zero-order valence-corrected chi connectivity index (χ0v) is 52.2. The first-order valence-electron chi connectivity index (χ1n) is 29.4. The van der Waals surface area contributed by atoms with Gasteiger partial charge in [-0.2, -0.15) is 0 Å². The molecular formula is C62H80N5O20P. The highest BCUT2D eigenvalue weighted by Gasteiger charge is 2.45. The van der Waals surface area contributed by atoms with Crippen LogP contribution in [0, 0.1) is 42.4 Å². The van der Waals surface area contributed by atoms with Crippen molar-refractivity contribution in [1.82, 2.24) is 15.2 Å². The first kappa shape index (κ1) is 67.8. The number of carbonyl (C=O) groups is 6. The molecule has 25 nitrogen and oxygen atoms in total. The van der Waals surface area contributed by atoms with Crippen molar-refractivity contribution in [1.29, 1.82) is 0 Å². The quantitative estimate of drug-likeness (QED) is 0.0132. The number of nitrogens with one attached hydrogen (secondary N) is 2. The molecule has 10 atom stereocenters. The van der Waals surface area contributed by atoms with Gasteiger partial charge in [-0.3, -0.25) is 43.0 Å². The van der Waals surface area contributed by atoms with Crippen LogP contribution in [0.3, 0.4) is 0 Å². The number of aromatic hydroxyl groups is 1. The second kappa shape index (κ2) is 28.2. The van der Waals surface area contributed by atoms with Gasteiger partial charge in [-0.25, -0.2) is 4.98 Å². The highest BCUT2D eigenvalue weighted by atomic mass is 31.2. The average molecular weight is 1250 g/mol. The van der Waals surface area contributed by atoms with Crippen molar-refractivity contribution >= 4 is 93.7 Å². The van der Waals surface area contributed by atoms with E-state index < -0.39 is 138 Å². The third-order valence-corrected chi connectivity index (χ3v) is 17.5. The number of hydrogen-bond acceptors (Lipinski definition) is 21. The lowest BCUT2D eigenvalue weighted by Crippen LogP contribution is -2.47. The molecule has 7 N–H and O–H groups in total. The number of esters is 3. The minimum atomic E-state index is -4.95. The molecule has 3 aromatic carbocycles. The maximum absolute atomic E-state index is 15.1. The van der Waals surface area contributed by atoms with E-state index >= 15 is 4.79 Å². The predicted octanol–water partition coefficient (Wildman–Crippen LogP) is 5.82. The Balaban J connectivity index is 1.25. The van der Waals surface area contributed by atoms with Crippen molar-refractivity contribution in [3.63, 3.8) is 0 Å². The Morgan fingerprint density at radius 1 is 0.886 bits per heavy atom. The molecule has 0 saturated carbocycles. The maximum atomic E-state index is 15.1. The van der Waals surface area contributed by atoms with Crippen LogP contribution < -0.4 is 36.3 Å². The standard InChI is InChI=1S/C62H80N5O20P/c1-31(2)29-66-21-23-67(24-22-66)40-27-41(70)50-42(28-40)85-59-51(64-50)47-48-54(75)38(9)58-49(47)60(77)62(11,87-58)83-26-20-32(3)35(6)57(84-39(10)69)37(8)53(74)36(7)56(33(4)15-14-16-34(5)61(78)65-52(59)55(48)76)86-46(73)17-12-13-25-82-45(72)19-18-43(71)63-44(30-68)88(79,80)81/h14-16,20,26-28,30-33,35-37,44,53,56-57,74-75,77H,12-13,17-19,21-25,29H2,1-11H3,(H,63,71)(H,65,78)(H2,79,80,81)/b15-14+,26-20+,34-16-/t32-,33-,35+,36-,37+,44?,53+,56-,57+,62-/m0/s1. The largest absolute Gasteiger partial charge is 0.507 e. The van der Waals surface area contributed by atoms with E-state index in [1.165, 1.54) is 52.2 Å². The molecule has 1 unspecified atom stereocenters. The highest BCUT2D eigenvalue weighted by molar-refractivity contribution is 7.53. The van der Waals surface area contributed by atoms with Crippen LogP contribution in [-0.2, 0) is 52.3 Å². The Bertz CT molecular complexity index is 3680. The van der Waals surface area contributed by atoms with E-state index in [4.69, 9.17) is 33.1 Å². The van der Waals surface area contributed by atoms with E-state index in [9.17, 15) is 63.2 Å². The van der Waals surface area contributed by atoms with Gasteiger partial charge in [0.25, 0.3) is 5.91 Å². The van der Waals surface area contributed by atoms with E-state index in [1.54, 1.807) is 45.9 Å². The van der Waals surface area contributed by atoms with Crippen molar-refractivity contribution in [3.8, 4) is 11.5 Å². The smallest absolute Gasteiger partial charge is 0.355 e. The molecule has 5 heterocycles. The summed E-state index contributed by atoms with van der Waals surface area (Å²) in [6, 6.07) is 3.10. The predicted molar refractivity (Wildman–Crippen MR) is 325 cm³/mol. The van der Waals surface area contributed by atoms with Gasteiger partial charge in [-0.1, -0.05) is 66.7 Å². The number of aromatic nitrogens is 1. The summed E-state index contributed by atoms with van der Waals surface area (Å²) in [5, 5.41) is 40.5. The number of nitrogens with zero attached hydrogens (tertiary/aromatic N) is 3. The van der Waals surface area contributed by atoms with Gasteiger partial charge in [-0.05, 0) is 50.5 Å². The third kappa shape index (κ3) is 15.2. The van der Waals surface area contributed by atoms with Gasteiger partial charge in [0.05, 0.1) is 36.0 Å². The summed E-state index contributed by atoms with van der Waals surface area (Å²) in [5.41, 5.74) is -1.87. The fourth-order valence-electron chi connectivity index (χ4n) is 11.3. The number of benzene rings is 3. The van der Waals surface area contributed by atoms with Crippen molar-refractivity contribution in [3.05, 3.63) is 79.5 Å². The van der Waals surface area contributed by atoms with Gasteiger partial charge in [0.1, 0.15) is 34.9 Å². The molecule has 4 aliphatic rings. The monoisotopic (exact) mass is 1250 g/mol. The number of carbonyl (C=O) groups excluding carboxylic acids is 6. The van der Waals surface area contributed by atoms with E-state index in [1.807, 2.05) is 12.2 Å². The molecule has 0 spiro atoms. The van der Waals surface area contributed by atoms with Crippen LogP contribution in [0.1, 0.15) is 107 Å². The summed E-state index contributed by atoms with van der Waals surface area (Å²) in [5.74, 6) is -12.0. The number of phenolic OH excluding ortho intramolecular Hbond substituents is 1. The lowest BCUT2D eigenvalue weighted by atomic mass is 9.77. The summed E-state index contributed by atoms with van der Waals surface area (Å²) in [4.78, 5) is 133. The molecule has 88 heavy (non-hydrogen) atoms. The van der Waals surface area contributed by atoms with Crippen molar-refractivity contribution in [2.75, 3.05) is 49.5 Å². The third-order valence-electron chi connectivity index (χ3n) is 16.6. The number of amides is 2. The number of phenols is 1. The van der Waals surface area contributed by atoms with E-state index in [-0.39, 0.29) is 87.2 Å². The van der Waals surface area contributed by atoms with Crippen LogP contribution in [-0.4, -0.2) is 140 Å². The van der Waals surface area contributed by atoms with Crippen LogP contribution >= 0.6 is 7.60 Å². The molecule has 0 aliphatic carbocycles. The van der Waals surface area contributed by atoms with Crippen LogP contribution in [0.15, 0.2) is 62.3 Å². The van der Waals surface area contributed by atoms with E-state index in [0.717, 1.165) is 19.6 Å². The van der Waals surface area contributed by atoms with Crippen molar-refractivity contribution in [2.24, 2.45) is 35.5 Å². The number of aliphatic hydroxyl groups excluding tert-OH is 2. The molecule has 2 amide bonds. The Hall–Kier alpha value is -7.70. The van der Waals surface area contributed by atoms with E-state index in [0.29, 0.717) is 24.7 Å². The Labute approximate surface area is 507 Å². The number of ether oxygens (including phenoxy) is 5. The second-order valence-corrected chi connectivity index (χ2v) is 25.5. The van der Waals surface area contributed by atoms with Crippen LogP contribution in [0.5, 0.6) is 11.5 Å². The molecule has 1 aromatic heterocycles. The van der Waals surface area contributed by atoms with Gasteiger partial charge in [-0.15, -0.1) is 0 Å². The fourth-order valence-corrected chi connectivity index (χ4v) is 11.8. The van der Waals surface area contributed by atoms with Gasteiger partial charge >= 0.3 is 31.3 Å². The number of piperazine rings is 1. The zero-order valence-electron chi connectivity index (χ0n) is 51.3. The zero-order chi connectivity index (χ0) is 64.9. The summed E-state index contributed by atoms with van der Waals surface area (Å²) in [6.45, 7) is 22.1. The first-order chi connectivity index (χ1) is 41.4. The number of aliphatic hydroxyl groups is 2. The van der Waals surface area contributed by atoms with Crippen LogP contribution in [0.2, 0.25) is 0 Å². The normalized spacial score (nSPS) is 25.8. The van der Waals surface area contributed by atoms with Crippen LogP contribution in [0.4, 0.5) is 11.4 Å². The number of unbranched alkanes of at least 4 members (excludes halogenated alkanes) is 1. The van der Waals surface area contributed by atoms with Gasteiger partial charge < -0.3 is 73.5 Å². The molecule has 4 aliphatic heterocycles. The average Bonchev–Trinajstić information content (AvgIpc) is 1.35. The Kier molecular flexibility index (Phi) is 21.7. The molecule has 8 rings (SSSR count). The van der Waals surface area contributed by atoms with E-state index in [2.05, 4.69) is 29.0 Å². The Morgan fingerprint density at radius 3 is 2.22 bits per heavy atom. The molecule has 478 valence electrons. The number of rotatable bonds is 16. The molecule has 1 saturated heterocycles. The highest BCUT2D eigenvalue weighted by Crippen LogP contribution is 2.43. The first-order valence-corrected chi connectivity index (χ1v) is 31.1. The summed E-state index contributed by atoms with van der Waals surface area (Å²) in [7, 11) is -4.95. The molecule has 5 bridgehead atoms. The number of aldehydes is 1. The lowest BCUT2D eigenvalue weighted by molar-refractivity contribution is -0.164. The minimum absolute atomic E-state index is 0.00923. The van der Waals surface area contributed by atoms with Crippen LogP contribution in [0.25, 0.3) is 38.7 Å². The summed E-state index contributed by atoms with van der Waals surface area (Å²) >= 11 is 0. The number of hydrogen-bond donors (Lipinski definition) is 7. The number of anilines is 2. The van der Waals surface area contributed by atoms with Crippen molar-refractivity contribution in [2.45, 2.75) is 138 Å². The molecule has 26 heteroatoms. The van der Waals surface area contributed by atoms with Gasteiger partial charge in [0.15, 0.2) is 34.5 Å². The number of fused-ring (bicyclic) bond motifs is 14. The SMILES string of the molecule is CC(=O)O[C@H]1[C@H](C)[C@H](O)[C@H](C)[C@@H](OC(=O)CCCCOC(=O)CCC(=O)NC(C=O)P(=O)(O)O)[C@@H](C)/C=C/C=C(/C)C(=O)Nc2c(=O)c3c(O)c(C)c4c(c3c3nc5c(=O)cc(N6CCN(CC(C)C)CC6)cc5oc23)=C(O)[C@@](C)(O/C=C/[C@H](C)[C@H]1C)O4. The molecule has 0 radical (unpaired) electrons. The van der Waals surface area contributed by atoms with Gasteiger partial charge in [0, 0.05) is 112 Å². The minimum Gasteiger partial charge on any atom is -0.507 e. The number of allylic oxidation sites excluding steroid dienone is 3. The maximum Gasteiger partial charge on any atom is 0.355 e. The molecule has 1 fully saturated rings. The lowest BCUT2D eigenvalue weighted by Gasteiger charge is -2.38. The van der Waals surface area contributed by atoms with Gasteiger partial charge in [0.2, 0.25) is 16.8 Å². The topological polar surface area (TPSA) is 358 Å².